The lowest BCUT2D eigenvalue weighted by Crippen LogP contribution is -2.52. The molecule has 20 heavy (non-hydrogen) atoms. The highest BCUT2D eigenvalue weighted by molar-refractivity contribution is 5.92. The van der Waals surface area contributed by atoms with Gasteiger partial charge >= 0.3 is 0 Å². The van der Waals surface area contributed by atoms with Crippen LogP contribution in [0.15, 0.2) is 12.3 Å². The highest BCUT2D eigenvalue weighted by atomic mass is 16.2. The van der Waals surface area contributed by atoms with Crippen molar-refractivity contribution in [3.8, 4) is 0 Å². The minimum absolute atomic E-state index is 0.0801. The molecule has 1 aliphatic rings. The summed E-state index contributed by atoms with van der Waals surface area (Å²) in [6, 6.07) is 2.33. The number of hydrogen-bond acceptors (Lipinski definition) is 4. The van der Waals surface area contributed by atoms with Gasteiger partial charge in [-0.25, -0.2) is 0 Å². The molecule has 1 amide bonds. The van der Waals surface area contributed by atoms with Crippen LogP contribution >= 0.6 is 0 Å². The summed E-state index contributed by atoms with van der Waals surface area (Å²) in [5.74, 6) is 0.0801. The van der Waals surface area contributed by atoms with Crippen molar-refractivity contribution in [1.29, 1.82) is 0 Å². The minimum Gasteiger partial charge on any atom is -0.335 e. The van der Waals surface area contributed by atoms with Crippen molar-refractivity contribution >= 4 is 5.91 Å². The van der Waals surface area contributed by atoms with Gasteiger partial charge in [0.05, 0.1) is 0 Å². The fraction of sp³-hybridized carbons (Fsp3) is 0.714. The second kappa shape index (κ2) is 6.85. The van der Waals surface area contributed by atoms with Gasteiger partial charge in [-0.15, -0.1) is 0 Å². The summed E-state index contributed by atoms with van der Waals surface area (Å²) in [7, 11) is 1.80. The van der Waals surface area contributed by atoms with Crippen molar-refractivity contribution in [2.45, 2.75) is 25.8 Å². The molecule has 0 bridgehead atoms. The monoisotopic (exact) mass is 279 g/mol. The minimum atomic E-state index is 0.0801. The molecule has 1 saturated heterocycles. The van der Waals surface area contributed by atoms with Crippen LogP contribution < -0.4 is 5.73 Å². The maximum absolute atomic E-state index is 12.4. The van der Waals surface area contributed by atoms with E-state index in [0.717, 1.165) is 45.6 Å². The van der Waals surface area contributed by atoms with Gasteiger partial charge in [-0.2, -0.15) is 5.10 Å². The van der Waals surface area contributed by atoms with E-state index in [-0.39, 0.29) is 5.91 Å². The maximum atomic E-state index is 12.4. The lowest BCUT2D eigenvalue weighted by atomic mass is 10.1. The van der Waals surface area contributed by atoms with Gasteiger partial charge in [-0.05, 0) is 25.5 Å². The average molecular weight is 279 g/mol. The maximum Gasteiger partial charge on any atom is 0.272 e. The Morgan fingerprint density at radius 3 is 2.60 bits per heavy atom. The number of carbonyl (C=O) groups excluding carboxylic acids is 1. The highest BCUT2D eigenvalue weighted by Gasteiger charge is 2.26. The lowest BCUT2D eigenvalue weighted by Gasteiger charge is -2.39. The number of aromatic nitrogens is 2. The molecule has 1 unspecified atom stereocenters. The molecule has 2 N–H and O–H groups in total. The number of rotatable bonds is 5. The molecule has 1 aromatic heterocycles. The third kappa shape index (κ3) is 3.19. The number of aryl methyl sites for hydroxylation is 1. The molecule has 6 heteroatoms. The largest absolute Gasteiger partial charge is 0.335 e. The van der Waals surface area contributed by atoms with Gasteiger partial charge in [0.1, 0.15) is 5.69 Å². The van der Waals surface area contributed by atoms with E-state index in [9.17, 15) is 4.79 Å². The molecule has 0 aromatic carbocycles. The molecule has 112 valence electrons. The zero-order valence-corrected chi connectivity index (χ0v) is 12.5. The summed E-state index contributed by atoms with van der Waals surface area (Å²) >= 11 is 0. The Labute approximate surface area is 120 Å². The van der Waals surface area contributed by atoms with E-state index < -0.39 is 0 Å². The Balaban J connectivity index is 1.91. The quantitative estimate of drug-likeness (QED) is 0.842. The van der Waals surface area contributed by atoms with Crippen LogP contribution in [0.2, 0.25) is 0 Å². The summed E-state index contributed by atoms with van der Waals surface area (Å²) in [5, 5.41) is 4.06. The second-order valence-electron chi connectivity index (χ2n) is 5.31. The van der Waals surface area contributed by atoms with Gasteiger partial charge in [-0.3, -0.25) is 14.4 Å². The van der Waals surface area contributed by atoms with Gasteiger partial charge in [0.15, 0.2) is 0 Å². The van der Waals surface area contributed by atoms with Crippen LogP contribution in [0.25, 0.3) is 0 Å². The van der Waals surface area contributed by atoms with Crippen molar-refractivity contribution in [2.24, 2.45) is 12.8 Å². The molecule has 1 aliphatic heterocycles. The molecule has 0 spiro atoms. The van der Waals surface area contributed by atoms with Crippen molar-refractivity contribution in [3.05, 3.63) is 18.0 Å². The van der Waals surface area contributed by atoms with Crippen LogP contribution in [0.4, 0.5) is 0 Å². The number of hydrogen-bond donors (Lipinski definition) is 1. The fourth-order valence-electron chi connectivity index (χ4n) is 2.87. The number of piperazine rings is 1. The first-order valence-corrected chi connectivity index (χ1v) is 7.38. The zero-order chi connectivity index (χ0) is 14.5. The highest BCUT2D eigenvalue weighted by Crippen LogP contribution is 2.13. The molecule has 1 atom stereocenters. The molecule has 0 saturated carbocycles. The van der Waals surface area contributed by atoms with Gasteiger partial charge in [0.25, 0.3) is 5.91 Å². The standard InChI is InChI=1S/C14H25N5O/c1-3-12(4-6-15)18-8-10-19(11-9-18)14(20)13-5-7-16-17(13)2/h5,7,12H,3-4,6,8-11,15H2,1-2H3. The summed E-state index contributed by atoms with van der Waals surface area (Å²) in [6.07, 6.45) is 3.82. The summed E-state index contributed by atoms with van der Waals surface area (Å²) in [4.78, 5) is 16.8. The number of amides is 1. The third-order valence-electron chi connectivity index (χ3n) is 4.13. The molecule has 1 fully saturated rings. The normalized spacial score (nSPS) is 18.2. The molecule has 1 aromatic rings. The van der Waals surface area contributed by atoms with E-state index in [0.29, 0.717) is 11.7 Å². The topological polar surface area (TPSA) is 67.4 Å². The Bertz CT molecular complexity index is 437. The number of nitrogens with zero attached hydrogens (tertiary/aromatic N) is 4. The van der Waals surface area contributed by atoms with E-state index in [2.05, 4.69) is 16.9 Å². The molecular weight excluding hydrogens is 254 g/mol. The van der Waals surface area contributed by atoms with Crippen LogP contribution in [0.5, 0.6) is 0 Å². The van der Waals surface area contributed by atoms with Crippen LogP contribution in [-0.2, 0) is 7.05 Å². The Morgan fingerprint density at radius 1 is 1.40 bits per heavy atom. The van der Waals surface area contributed by atoms with E-state index in [1.165, 1.54) is 0 Å². The molecule has 2 heterocycles. The summed E-state index contributed by atoms with van der Waals surface area (Å²) < 4.78 is 1.64. The molecule has 6 nitrogen and oxygen atoms in total. The van der Waals surface area contributed by atoms with E-state index in [1.54, 1.807) is 24.0 Å². The average Bonchev–Trinajstić information content (AvgIpc) is 2.90. The first kappa shape index (κ1) is 15.0. The predicted molar refractivity (Wildman–Crippen MR) is 78.4 cm³/mol. The predicted octanol–water partition coefficient (Wildman–Crippen LogP) is 0.305. The van der Waals surface area contributed by atoms with Crippen LogP contribution in [0.3, 0.4) is 0 Å². The Morgan fingerprint density at radius 2 is 2.10 bits per heavy atom. The first-order valence-electron chi connectivity index (χ1n) is 7.38. The number of carbonyl (C=O) groups is 1. The van der Waals surface area contributed by atoms with E-state index >= 15 is 0 Å². The fourth-order valence-corrected chi connectivity index (χ4v) is 2.87. The van der Waals surface area contributed by atoms with E-state index in [1.807, 2.05) is 4.90 Å². The van der Waals surface area contributed by atoms with Crippen LogP contribution in [-0.4, -0.2) is 64.3 Å². The van der Waals surface area contributed by atoms with Gasteiger partial charge in [-0.1, -0.05) is 6.92 Å². The van der Waals surface area contributed by atoms with Crippen molar-refractivity contribution in [1.82, 2.24) is 19.6 Å². The Hall–Kier alpha value is -1.40. The number of nitrogens with two attached hydrogens (primary N) is 1. The SMILES string of the molecule is CCC(CCN)N1CCN(C(=O)c2ccnn2C)CC1. The molecule has 2 rings (SSSR count). The smallest absolute Gasteiger partial charge is 0.272 e. The molecular formula is C14H25N5O. The van der Waals surface area contributed by atoms with E-state index in [4.69, 9.17) is 5.73 Å². The lowest BCUT2D eigenvalue weighted by molar-refractivity contribution is 0.0547. The first-order chi connectivity index (χ1) is 9.67. The Kier molecular flexibility index (Phi) is 5.14. The second-order valence-corrected chi connectivity index (χ2v) is 5.31. The van der Waals surface area contributed by atoms with Crippen molar-refractivity contribution in [3.63, 3.8) is 0 Å². The van der Waals surface area contributed by atoms with Crippen molar-refractivity contribution < 1.29 is 4.79 Å². The zero-order valence-electron chi connectivity index (χ0n) is 12.5. The van der Waals surface area contributed by atoms with Crippen LogP contribution in [0.1, 0.15) is 30.3 Å². The van der Waals surface area contributed by atoms with Gasteiger partial charge in [0, 0.05) is 45.5 Å². The van der Waals surface area contributed by atoms with Gasteiger partial charge in [0.2, 0.25) is 0 Å². The van der Waals surface area contributed by atoms with Crippen LogP contribution in [0, 0.1) is 0 Å². The molecule has 0 radical (unpaired) electrons. The summed E-state index contributed by atoms with van der Waals surface area (Å²) in [5.41, 5.74) is 6.33. The van der Waals surface area contributed by atoms with Crippen molar-refractivity contribution in [2.75, 3.05) is 32.7 Å². The van der Waals surface area contributed by atoms with Gasteiger partial charge < -0.3 is 10.6 Å². The summed E-state index contributed by atoms with van der Waals surface area (Å²) in [6.45, 7) is 6.36. The molecule has 0 aliphatic carbocycles. The third-order valence-corrected chi connectivity index (χ3v) is 4.13.